The van der Waals surface area contributed by atoms with Crippen molar-refractivity contribution in [3.63, 3.8) is 0 Å². The van der Waals surface area contributed by atoms with E-state index in [2.05, 4.69) is 6.07 Å². The minimum absolute atomic E-state index is 0.699. The zero-order valence-electron chi connectivity index (χ0n) is 7.12. The standard InChI is InChI=1S/C10H12OS/c1-12(11)10-5-3-2-4-9(10)8-6-7-8/h2-5,8H,6-7H2,1H3. The summed E-state index contributed by atoms with van der Waals surface area (Å²) >= 11 is 0. The summed E-state index contributed by atoms with van der Waals surface area (Å²) in [6.07, 6.45) is 4.30. The summed E-state index contributed by atoms with van der Waals surface area (Å²) in [5, 5.41) is 0. The molecule has 0 amide bonds. The molecule has 12 heavy (non-hydrogen) atoms. The van der Waals surface area contributed by atoms with Gasteiger partial charge in [-0.3, -0.25) is 4.21 Å². The predicted octanol–water partition coefficient (Wildman–Crippen LogP) is 2.30. The second-order valence-electron chi connectivity index (χ2n) is 3.27. The minimum atomic E-state index is -0.821. The molecule has 1 aliphatic rings. The summed E-state index contributed by atoms with van der Waals surface area (Å²) in [5.41, 5.74) is 1.30. The average molecular weight is 180 g/mol. The lowest BCUT2D eigenvalue weighted by molar-refractivity contribution is 0.686. The van der Waals surface area contributed by atoms with Crippen LogP contribution in [0.3, 0.4) is 0 Å². The molecule has 1 aromatic rings. The fraction of sp³-hybridized carbons (Fsp3) is 0.400. The Kier molecular flexibility index (Phi) is 2.01. The maximum absolute atomic E-state index is 11.3. The highest BCUT2D eigenvalue weighted by molar-refractivity contribution is 7.84. The fourth-order valence-electron chi connectivity index (χ4n) is 1.47. The van der Waals surface area contributed by atoms with E-state index in [0.29, 0.717) is 5.92 Å². The van der Waals surface area contributed by atoms with Crippen LogP contribution in [-0.2, 0) is 10.8 Å². The van der Waals surface area contributed by atoms with Gasteiger partial charge in [-0.15, -0.1) is 0 Å². The molecule has 1 unspecified atom stereocenters. The van der Waals surface area contributed by atoms with Crippen molar-refractivity contribution < 1.29 is 4.21 Å². The van der Waals surface area contributed by atoms with Gasteiger partial charge < -0.3 is 0 Å². The normalized spacial score (nSPS) is 19.1. The minimum Gasteiger partial charge on any atom is -0.255 e. The number of hydrogen-bond acceptors (Lipinski definition) is 1. The van der Waals surface area contributed by atoms with Gasteiger partial charge in [0.15, 0.2) is 0 Å². The third kappa shape index (κ3) is 1.44. The Bertz CT molecular complexity index is 315. The highest BCUT2D eigenvalue weighted by Gasteiger charge is 2.26. The van der Waals surface area contributed by atoms with Gasteiger partial charge in [-0.05, 0) is 30.4 Å². The molecule has 0 aliphatic heterocycles. The van der Waals surface area contributed by atoms with Crippen molar-refractivity contribution in [3.05, 3.63) is 29.8 Å². The van der Waals surface area contributed by atoms with Crippen molar-refractivity contribution in [1.29, 1.82) is 0 Å². The maximum Gasteiger partial charge on any atom is 0.0501 e. The lowest BCUT2D eigenvalue weighted by Crippen LogP contribution is -1.93. The largest absolute Gasteiger partial charge is 0.255 e. The molecule has 2 rings (SSSR count). The monoisotopic (exact) mass is 180 g/mol. The predicted molar refractivity (Wildman–Crippen MR) is 50.7 cm³/mol. The Hall–Kier alpha value is -0.630. The van der Waals surface area contributed by atoms with Crippen LogP contribution in [0.1, 0.15) is 24.3 Å². The smallest absolute Gasteiger partial charge is 0.0501 e. The Morgan fingerprint density at radius 1 is 1.33 bits per heavy atom. The van der Waals surface area contributed by atoms with Crippen LogP contribution in [0.15, 0.2) is 29.2 Å². The Balaban J connectivity index is 2.43. The van der Waals surface area contributed by atoms with Crippen LogP contribution in [0.5, 0.6) is 0 Å². The fourth-order valence-corrected chi connectivity index (χ4v) is 2.31. The molecule has 0 saturated heterocycles. The molecule has 1 aromatic carbocycles. The molecule has 1 aliphatic carbocycles. The van der Waals surface area contributed by atoms with Crippen molar-refractivity contribution in [1.82, 2.24) is 0 Å². The first-order chi connectivity index (χ1) is 5.79. The molecular formula is C10H12OS. The van der Waals surface area contributed by atoms with Gasteiger partial charge in [-0.1, -0.05) is 18.2 Å². The molecule has 1 nitrogen and oxygen atoms in total. The first-order valence-corrected chi connectivity index (χ1v) is 5.77. The molecule has 1 saturated carbocycles. The first-order valence-electron chi connectivity index (χ1n) is 4.21. The Morgan fingerprint density at radius 3 is 2.58 bits per heavy atom. The average Bonchev–Trinajstić information content (AvgIpc) is 2.87. The number of hydrogen-bond donors (Lipinski definition) is 0. The van der Waals surface area contributed by atoms with Gasteiger partial charge in [0.05, 0.1) is 10.8 Å². The second kappa shape index (κ2) is 3.02. The van der Waals surface area contributed by atoms with Gasteiger partial charge in [0.1, 0.15) is 0 Å². The molecule has 2 heteroatoms. The van der Waals surface area contributed by atoms with Gasteiger partial charge in [-0.2, -0.15) is 0 Å². The summed E-state index contributed by atoms with van der Waals surface area (Å²) in [6.45, 7) is 0. The van der Waals surface area contributed by atoms with Crippen LogP contribution in [0.2, 0.25) is 0 Å². The molecule has 64 valence electrons. The quantitative estimate of drug-likeness (QED) is 0.682. The van der Waals surface area contributed by atoms with Gasteiger partial charge in [0.25, 0.3) is 0 Å². The zero-order chi connectivity index (χ0) is 8.55. The van der Waals surface area contributed by atoms with Crippen molar-refractivity contribution in [2.24, 2.45) is 0 Å². The van der Waals surface area contributed by atoms with Crippen molar-refractivity contribution >= 4 is 10.8 Å². The number of benzene rings is 1. The summed E-state index contributed by atoms with van der Waals surface area (Å²) in [5.74, 6) is 0.699. The van der Waals surface area contributed by atoms with Gasteiger partial charge >= 0.3 is 0 Å². The molecule has 0 heterocycles. The summed E-state index contributed by atoms with van der Waals surface area (Å²) < 4.78 is 11.3. The topological polar surface area (TPSA) is 17.1 Å². The van der Waals surface area contributed by atoms with E-state index in [1.807, 2.05) is 18.2 Å². The third-order valence-corrected chi connectivity index (χ3v) is 3.24. The SMILES string of the molecule is CS(=O)c1ccccc1C1CC1. The molecule has 1 fully saturated rings. The summed E-state index contributed by atoms with van der Waals surface area (Å²) in [7, 11) is -0.821. The second-order valence-corrected chi connectivity index (χ2v) is 4.61. The van der Waals surface area contributed by atoms with Gasteiger partial charge in [0, 0.05) is 11.2 Å². The van der Waals surface area contributed by atoms with Crippen LogP contribution < -0.4 is 0 Å². The van der Waals surface area contributed by atoms with Crippen LogP contribution in [-0.4, -0.2) is 10.5 Å². The molecule has 0 radical (unpaired) electrons. The molecule has 0 N–H and O–H groups in total. The lowest BCUT2D eigenvalue weighted by atomic mass is 10.1. The molecule has 0 bridgehead atoms. The molecule has 0 spiro atoms. The molecular weight excluding hydrogens is 168 g/mol. The van der Waals surface area contributed by atoms with E-state index in [-0.39, 0.29) is 0 Å². The highest BCUT2D eigenvalue weighted by Crippen LogP contribution is 2.42. The summed E-state index contributed by atoms with van der Waals surface area (Å²) in [6, 6.07) is 8.07. The number of rotatable bonds is 2. The van der Waals surface area contributed by atoms with E-state index < -0.39 is 10.8 Å². The summed E-state index contributed by atoms with van der Waals surface area (Å²) in [4.78, 5) is 1.03. The van der Waals surface area contributed by atoms with E-state index in [4.69, 9.17) is 0 Å². The van der Waals surface area contributed by atoms with E-state index in [1.54, 1.807) is 6.26 Å². The van der Waals surface area contributed by atoms with E-state index in [0.717, 1.165) is 4.90 Å². The van der Waals surface area contributed by atoms with Crippen molar-refractivity contribution in [2.75, 3.05) is 6.26 Å². The third-order valence-electron chi connectivity index (χ3n) is 2.25. The van der Waals surface area contributed by atoms with E-state index in [1.165, 1.54) is 18.4 Å². The molecule has 0 aromatic heterocycles. The van der Waals surface area contributed by atoms with Gasteiger partial charge in [-0.25, -0.2) is 0 Å². The lowest BCUT2D eigenvalue weighted by Gasteiger charge is -2.03. The Labute approximate surface area is 75.3 Å². The van der Waals surface area contributed by atoms with Crippen LogP contribution >= 0.6 is 0 Å². The van der Waals surface area contributed by atoms with E-state index >= 15 is 0 Å². The van der Waals surface area contributed by atoms with Crippen LogP contribution in [0.4, 0.5) is 0 Å². The van der Waals surface area contributed by atoms with Gasteiger partial charge in [0.2, 0.25) is 0 Å². The van der Waals surface area contributed by atoms with E-state index in [9.17, 15) is 4.21 Å². The molecule has 1 atom stereocenters. The highest BCUT2D eigenvalue weighted by atomic mass is 32.2. The van der Waals surface area contributed by atoms with Crippen molar-refractivity contribution in [3.8, 4) is 0 Å². The van der Waals surface area contributed by atoms with Crippen molar-refractivity contribution in [2.45, 2.75) is 23.7 Å². The first kappa shape index (κ1) is 7.99. The maximum atomic E-state index is 11.3. The zero-order valence-corrected chi connectivity index (χ0v) is 7.93. The van der Waals surface area contributed by atoms with Crippen LogP contribution in [0.25, 0.3) is 0 Å². The Morgan fingerprint density at radius 2 is 2.00 bits per heavy atom. The van der Waals surface area contributed by atoms with Crippen LogP contribution in [0, 0.1) is 0 Å².